The molecule has 0 saturated heterocycles. The first-order valence-corrected chi connectivity index (χ1v) is 6.65. The molecule has 0 N–H and O–H groups in total. The van der Waals surface area contributed by atoms with Gasteiger partial charge in [-0.3, -0.25) is 4.79 Å². The fourth-order valence-corrected chi connectivity index (χ4v) is 1.96. The Morgan fingerprint density at radius 1 is 1.15 bits per heavy atom. The van der Waals surface area contributed by atoms with Crippen LogP contribution in [0.3, 0.4) is 0 Å². The molecule has 0 radical (unpaired) electrons. The summed E-state index contributed by atoms with van der Waals surface area (Å²) in [4.78, 5) is 15.5. The minimum atomic E-state index is 0.529. The summed E-state index contributed by atoms with van der Waals surface area (Å²) in [6.45, 7) is 5.94. The molecule has 2 heterocycles. The van der Waals surface area contributed by atoms with Crippen LogP contribution in [0, 0.1) is 6.92 Å². The van der Waals surface area contributed by atoms with Crippen LogP contribution in [-0.2, 0) is 0 Å². The molecule has 3 aromatic rings. The Bertz CT molecular complexity index is 717. The van der Waals surface area contributed by atoms with Gasteiger partial charge in [0.25, 0.3) is 0 Å². The second-order valence-electron chi connectivity index (χ2n) is 4.15. The van der Waals surface area contributed by atoms with Crippen molar-refractivity contribution in [2.45, 2.75) is 20.8 Å². The molecule has 20 heavy (non-hydrogen) atoms. The third kappa shape index (κ3) is 2.45. The van der Waals surface area contributed by atoms with Crippen LogP contribution in [0.4, 0.5) is 0 Å². The second-order valence-corrected chi connectivity index (χ2v) is 4.15. The van der Waals surface area contributed by atoms with Crippen LogP contribution in [0.1, 0.15) is 29.8 Å². The van der Waals surface area contributed by atoms with Crippen LogP contribution in [0.25, 0.3) is 16.9 Å². The Hall–Kier alpha value is -2.49. The Kier molecular flexibility index (Phi) is 4.25. The largest absolute Gasteiger partial charge is 0.298 e. The average molecular weight is 267 g/mol. The number of carbonyl (C=O) groups is 1. The van der Waals surface area contributed by atoms with Crippen LogP contribution >= 0.6 is 0 Å². The molecule has 4 heteroatoms. The summed E-state index contributed by atoms with van der Waals surface area (Å²) in [5.74, 6) is 0. The maximum Gasteiger partial charge on any atom is 0.166 e. The number of benzene rings is 1. The lowest BCUT2D eigenvalue weighted by Gasteiger charge is -1.95. The molecular formula is C16H17N3O. The van der Waals surface area contributed by atoms with Gasteiger partial charge in [-0.05, 0) is 12.5 Å². The second kappa shape index (κ2) is 6.10. The molecule has 0 saturated carbocycles. The van der Waals surface area contributed by atoms with Crippen molar-refractivity contribution in [3.05, 3.63) is 53.9 Å². The number of aryl methyl sites for hydroxylation is 1. The molecule has 0 fully saturated rings. The van der Waals surface area contributed by atoms with Crippen LogP contribution < -0.4 is 0 Å². The fourth-order valence-electron chi connectivity index (χ4n) is 1.96. The van der Waals surface area contributed by atoms with Crippen molar-refractivity contribution in [2.24, 2.45) is 0 Å². The number of hydrogen-bond donors (Lipinski definition) is 0. The molecule has 0 spiro atoms. The molecule has 0 atom stereocenters. The maximum absolute atomic E-state index is 11.3. The predicted molar refractivity (Wildman–Crippen MR) is 79.9 cm³/mol. The Labute approximate surface area is 118 Å². The average Bonchev–Trinajstić information content (AvgIpc) is 2.87. The molecular weight excluding hydrogens is 250 g/mol. The zero-order chi connectivity index (χ0) is 14.5. The zero-order valence-corrected chi connectivity index (χ0v) is 11.9. The van der Waals surface area contributed by atoms with Crippen molar-refractivity contribution in [1.82, 2.24) is 14.6 Å². The van der Waals surface area contributed by atoms with E-state index >= 15 is 0 Å². The van der Waals surface area contributed by atoms with Crippen molar-refractivity contribution in [3.63, 3.8) is 0 Å². The van der Waals surface area contributed by atoms with Crippen LogP contribution in [0.2, 0.25) is 0 Å². The van der Waals surface area contributed by atoms with Crippen molar-refractivity contribution in [2.75, 3.05) is 0 Å². The highest BCUT2D eigenvalue weighted by molar-refractivity contribution is 5.93. The van der Waals surface area contributed by atoms with Crippen LogP contribution in [-0.4, -0.2) is 20.9 Å². The summed E-state index contributed by atoms with van der Waals surface area (Å²) in [5.41, 5.74) is 3.71. The smallest absolute Gasteiger partial charge is 0.166 e. The SMILES string of the molecule is CC.Cc1cnc2c(C=O)c(-c3ccccc3)nn2c1. The van der Waals surface area contributed by atoms with Gasteiger partial charge in [0.05, 0.1) is 5.56 Å². The normalized spacial score (nSPS) is 9.95. The number of aldehydes is 1. The highest BCUT2D eigenvalue weighted by Gasteiger charge is 2.14. The van der Waals surface area contributed by atoms with E-state index in [2.05, 4.69) is 10.1 Å². The van der Waals surface area contributed by atoms with E-state index in [0.29, 0.717) is 16.9 Å². The molecule has 1 aromatic carbocycles. The van der Waals surface area contributed by atoms with Gasteiger partial charge >= 0.3 is 0 Å². The molecule has 3 rings (SSSR count). The fraction of sp³-hybridized carbons (Fsp3) is 0.188. The topological polar surface area (TPSA) is 47.3 Å². The van der Waals surface area contributed by atoms with Gasteiger partial charge in [-0.25, -0.2) is 9.50 Å². The maximum atomic E-state index is 11.3. The minimum Gasteiger partial charge on any atom is -0.298 e. The molecule has 0 aliphatic rings. The van der Waals surface area contributed by atoms with E-state index in [0.717, 1.165) is 17.4 Å². The predicted octanol–water partition coefficient (Wildman–Crippen LogP) is 3.54. The van der Waals surface area contributed by atoms with Gasteiger partial charge in [-0.2, -0.15) is 5.10 Å². The van der Waals surface area contributed by atoms with Crippen molar-refractivity contribution >= 4 is 11.9 Å². The van der Waals surface area contributed by atoms with Gasteiger partial charge in [0.1, 0.15) is 5.69 Å². The highest BCUT2D eigenvalue weighted by Crippen LogP contribution is 2.23. The van der Waals surface area contributed by atoms with Gasteiger partial charge in [-0.15, -0.1) is 0 Å². The van der Waals surface area contributed by atoms with E-state index in [4.69, 9.17) is 0 Å². The molecule has 4 nitrogen and oxygen atoms in total. The lowest BCUT2D eigenvalue weighted by molar-refractivity contribution is 0.112. The van der Waals surface area contributed by atoms with Gasteiger partial charge in [-0.1, -0.05) is 44.2 Å². The minimum absolute atomic E-state index is 0.529. The quantitative estimate of drug-likeness (QED) is 0.667. The monoisotopic (exact) mass is 267 g/mol. The van der Waals surface area contributed by atoms with Gasteiger partial charge in [0, 0.05) is 18.0 Å². The summed E-state index contributed by atoms with van der Waals surface area (Å²) < 4.78 is 1.65. The van der Waals surface area contributed by atoms with E-state index in [-0.39, 0.29) is 0 Å². The number of aromatic nitrogens is 3. The van der Waals surface area contributed by atoms with E-state index in [1.807, 2.05) is 57.3 Å². The molecule has 0 unspecified atom stereocenters. The van der Waals surface area contributed by atoms with Crippen LogP contribution in [0.15, 0.2) is 42.7 Å². The first kappa shape index (κ1) is 13.9. The Balaban J connectivity index is 0.000000704. The van der Waals surface area contributed by atoms with Crippen LogP contribution in [0.5, 0.6) is 0 Å². The lowest BCUT2D eigenvalue weighted by Crippen LogP contribution is -1.91. The molecule has 102 valence electrons. The summed E-state index contributed by atoms with van der Waals surface area (Å²) in [6, 6.07) is 9.64. The summed E-state index contributed by atoms with van der Waals surface area (Å²) in [5, 5.41) is 4.44. The third-order valence-corrected chi connectivity index (χ3v) is 2.80. The van der Waals surface area contributed by atoms with E-state index in [9.17, 15) is 4.79 Å². The number of fused-ring (bicyclic) bond motifs is 1. The molecule has 0 aliphatic carbocycles. The zero-order valence-electron chi connectivity index (χ0n) is 11.9. The standard InChI is InChI=1S/C14H11N3O.C2H6/c1-10-7-15-14-12(9-18)13(16-17(14)8-10)11-5-3-2-4-6-11;1-2/h2-9H,1H3;1-2H3. The molecule has 2 aromatic heterocycles. The van der Waals surface area contributed by atoms with E-state index in [1.165, 1.54) is 0 Å². The molecule has 0 bridgehead atoms. The number of hydrogen-bond acceptors (Lipinski definition) is 3. The van der Waals surface area contributed by atoms with E-state index in [1.54, 1.807) is 10.7 Å². The van der Waals surface area contributed by atoms with Gasteiger partial charge in [0.15, 0.2) is 11.9 Å². The van der Waals surface area contributed by atoms with Crippen molar-refractivity contribution < 1.29 is 4.79 Å². The highest BCUT2D eigenvalue weighted by atomic mass is 16.1. The number of carbonyl (C=O) groups excluding carboxylic acids is 1. The first-order valence-electron chi connectivity index (χ1n) is 6.65. The number of rotatable bonds is 2. The lowest BCUT2D eigenvalue weighted by atomic mass is 10.1. The van der Waals surface area contributed by atoms with Crippen molar-refractivity contribution in [3.8, 4) is 11.3 Å². The summed E-state index contributed by atoms with van der Waals surface area (Å²) in [6.07, 6.45) is 4.41. The van der Waals surface area contributed by atoms with E-state index < -0.39 is 0 Å². The third-order valence-electron chi connectivity index (χ3n) is 2.80. The Morgan fingerprint density at radius 2 is 1.85 bits per heavy atom. The summed E-state index contributed by atoms with van der Waals surface area (Å²) in [7, 11) is 0. The van der Waals surface area contributed by atoms with Gasteiger partial charge in [0.2, 0.25) is 0 Å². The molecule has 0 amide bonds. The van der Waals surface area contributed by atoms with Gasteiger partial charge < -0.3 is 0 Å². The Morgan fingerprint density at radius 3 is 2.50 bits per heavy atom. The number of nitrogens with zero attached hydrogens (tertiary/aromatic N) is 3. The van der Waals surface area contributed by atoms with Crippen molar-refractivity contribution in [1.29, 1.82) is 0 Å². The molecule has 0 aliphatic heterocycles. The first-order chi connectivity index (χ1) is 9.79. The summed E-state index contributed by atoms with van der Waals surface area (Å²) >= 11 is 0.